The minimum absolute atomic E-state index is 0.593. The van der Waals surface area contributed by atoms with Gasteiger partial charge in [0.05, 0.1) is 0 Å². The molecule has 1 rings (SSSR count). The lowest BCUT2D eigenvalue weighted by atomic mass is 10.3. The fourth-order valence-electron chi connectivity index (χ4n) is 1.49. The number of nitrogens with zero attached hydrogens (tertiary/aromatic N) is 1. The second-order valence-corrected chi connectivity index (χ2v) is 3.08. The van der Waals surface area contributed by atoms with Crippen molar-refractivity contribution in [3.05, 3.63) is 23.5 Å². The van der Waals surface area contributed by atoms with Gasteiger partial charge in [0.1, 0.15) is 0 Å². The van der Waals surface area contributed by atoms with E-state index in [4.69, 9.17) is 0 Å². The smallest absolute Gasteiger partial charge is 0.0279 e. The van der Waals surface area contributed by atoms with E-state index in [1.165, 1.54) is 11.4 Å². The molecule has 1 aromatic rings. The molecule has 56 valence electrons. The lowest BCUT2D eigenvalue weighted by Gasteiger charge is -2.12. The summed E-state index contributed by atoms with van der Waals surface area (Å²) >= 11 is 0. The highest BCUT2D eigenvalue weighted by Crippen LogP contribution is 2.13. The third-order valence-electron chi connectivity index (χ3n) is 1.84. The lowest BCUT2D eigenvalue weighted by molar-refractivity contribution is 0.575. The van der Waals surface area contributed by atoms with Crippen molar-refractivity contribution in [1.82, 2.24) is 4.57 Å². The molecule has 0 aromatic carbocycles. The summed E-state index contributed by atoms with van der Waals surface area (Å²) in [5.41, 5.74) is 2.71. The van der Waals surface area contributed by atoms with Crippen LogP contribution in [-0.4, -0.2) is 4.57 Å². The summed E-state index contributed by atoms with van der Waals surface area (Å²) in [4.78, 5) is 0. The van der Waals surface area contributed by atoms with Crippen LogP contribution in [0.4, 0.5) is 0 Å². The van der Waals surface area contributed by atoms with Crippen LogP contribution in [0.2, 0.25) is 0 Å². The zero-order valence-electron chi connectivity index (χ0n) is 7.18. The second kappa shape index (κ2) is 2.49. The number of aryl methyl sites for hydroxylation is 2. The predicted octanol–water partition coefficient (Wildman–Crippen LogP) is 2.69. The van der Waals surface area contributed by atoms with Gasteiger partial charge in [0, 0.05) is 17.4 Å². The second-order valence-electron chi connectivity index (χ2n) is 3.08. The molecule has 0 aliphatic carbocycles. The fourth-order valence-corrected chi connectivity index (χ4v) is 1.49. The molecular formula is C9H15N. The van der Waals surface area contributed by atoms with E-state index in [0.717, 1.165) is 0 Å². The summed E-state index contributed by atoms with van der Waals surface area (Å²) in [6, 6.07) is 4.92. The van der Waals surface area contributed by atoms with Gasteiger partial charge < -0.3 is 4.57 Å². The SMILES string of the molecule is Cc1ccc(C)n1C(C)C. The molecule has 0 atom stereocenters. The van der Waals surface area contributed by atoms with Crippen LogP contribution in [0.1, 0.15) is 31.3 Å². The zero-order chi connectivity index (χ0) is 7.72. The molecule has 10 heavy (non-hydrogen) atoms. The minimum Gasteiger partial charge on any atom is -0.347 e. The van der Waals surface area contributed by atoms with Crippen molar-refractivity contribution in [2.75, 3.05) is 0 Å². The Morgan fingerprint density at radius 1 is 1.10 bits per heavy atom. The van der Waals surface area contributed by atoms with Gasteiger partial charge in [0.15, 0.2) is 0 Å². The predicted molar refractivity (Wildman–Crippen MR) is 44.3 cm³/mol. The van der Waals surface area contributed by atoms with E-state index < -0.39 is 0 Å². The maximum Gasteiger partial charge on any atom is 0.0279 e. The molecule has 0 fully saturated rings. The van der Waals surface area contributed by atoms with Crippen LogP contribution < -0.4 is 0 Å². The zero-order valence-corrected chi connectivity index (χ0v) is 7.18. The Bertz CT molecular complexity index is 201. The molecular weight excluding hydrogens is 122 g/mol. The van der Waals surface area contributed by atoms with Crippen LogP contribution in [0.3, 0.4) is 0 Å². The van der Waals surface area contributed by atoms with Gasteiger partial charge in [0.2, 0.25) is 0 Å². The summed E-state index contributed by atoms with van der Waals surface area (Å²) < 4.78 is 2.33. The average Bonchev–Trinajstić information content (AvgIpc) is 2.11. The van der Waals surface area contributed by atoms with Gasteiger partial charge in [-0.3, -0.25) is 0 Å². The highest BCUT2D eigenvalue weighted by atomic mass is 15.0. The maximum atomic E-state index is 2.33. The normalized spacial score (nSPS) is 10.9. The largest absolute Gasteiger partial charge is 0.347 e. The van der Waals surface area contributed by atoms with Crippen LogP contribution in [0, 0.1) is 13.8 Å². The standard InChI is InChI=1S/C9H15N/c1-7(2)10-8(3)5-6-9(10)4/h5-7H,1-4H3. The van der Waals surface area contributed by atoms with Crippen molar-refractivity contribution in [3.63, 3.8) is 0 Å². The first kappa shape index (κ1) is 7.39. The van der Waals surface area contributed by atoms with Crippen molar-refractivity contribution >= 4 is 0 Å². The van der Waals surface area contributed by atoms with Gasteiger partial charge in [-0.15, -0.1) is 0 Å². The molecule has 0 saturated heterocycles. The molecule has 0 saturated carbocycles. The number of rotatable bonds is 1. The van der Waals surface area contributed by atoms with E-state index in [2.05, 4.69) is 44.4 Å². The van der Waals surface area contributed by atoms with Gasteiger partial charge in [-0.2, -0.15) is 0 Å². The van der Waals surface area contributed by atoms with Crippen molar-refractivity contribution in [3.8, 4) is 0 Å². The van der Waals surface area contributed by atoms with Crippen molar-refractivity contribution in [2.45, 2.75) is 33.7 Å². The Kier molecular flexibility index (Phi) is 1.84. The Morgan fingerprint density at radius 2 is 1.50 bits per heavy atom. The molecule has 0 aliphatic rings. The van der Waals surface area contributed by atoms with E-state index in [1.54, 1.807) is 0 Å². The average molecular weight is 137 g/mol. The van der Waals surface area contributed by atoms with Crippen molar-refractivity contribution in [2.24, 2.45) is 0 Å². The van der Waals surface area contributed by atoms with Gasteiger partial charge in [-0.1, -0.05) is 0 Å². The maximum absolute atomic E-state index is 2.33. The highest BCUT2D eigenvalue weighted by molar-refractivity contribution is 5.14. The minimum atomic E-state index is 0.593. The van der Waals surface area contributed by atoms with E-state index >= 15 is 0 Å². The summed E-state index contributed by atoms with van der Waals surface area (Å²) in [6.07, 6.45) is 0. The molecule has 0 amide bonds. The molecule has 0 radical (unpaired) electrons. The number of hydrogen-bond acceptors (Lipinski definition) is 0. The summed E-state index contributed by atoms with van der Waals surface area (Å²) in [5.74, 6) is 0. The Morgan fingerprint density at radius 3 is 1.70 bits per heavy atom. The van der Waals surface area contributed by atoms with Crippen molar-refractivity contribution in [1.29, 1.82) is 0 Å². The molecule has 1 heterocycles. The van der Waals surface area contributed by atoms with Gasteiger partial charge in [-0.25, -0.2) is 0 Å². The van der Waals surface area contributed by atoms with Crippen LogP contribution in [0.25, 0.3) is 0 Å². The van der Waals surface area contributed by atoms with Gasteiger partial charge in [-0.05, 0) is 39.8 Å². The van der Waals surface area contributed by atoms with E-state index in [0.29, 0.717) is 6.04 Å². The van der Waals surface area contributed by atoms with E-state index in [1.807, 2.05) is 0 Å². The summed E-state index contributed by atoms with van der Waals surface area (Å²) in [5, 5.41) is 0. The third kappa shape index (κ3) is 1.08. The molecule has 1 nitrogen and oxygen atoms in total. The molecule has 0 aliphatic heterocycles. The molecule has 0 unspecified atom stereocenters. The van der Waals surface area contributed by atoms with Gasteiger partial charge >= 0.3 is 0 Å². The molecule has 0 N–H and O–H groups in total. The third-order valence-corrected chi connectivity index (χ3v) is 1.84. The van der Waals surface area contributed by atoms with Crippen molar-refractivity contribution < 1.29 is 0 Å². The quantitative estimate of drug-likeness (QED) is 0.561. The monoisotopic (exact) mass is 137 g/mol. The van der Waals surface area contributed by atoms with Gasteiger partial charge in [0.25, 0.3) is 0 Å². The number of hydrogen-bond donors (Lipinski definition) is 0. The van der Waals surface area contributed by atoms with Crippen LogP contribution in [-0.2, 0) is 0 Å². The molecule has 0 spiro atoms. The molecule has 1 aromatic heterocycles. The summed E-state index contributed by atoms with van der Waals surface area (Å²) in [7, 11) is 0. The van der Waals surface area contributed by atoms with Crippen LogP contribution in [0.5, 0.6) is 0 Å². The molecule has 0 bridgehead atoms. The van der Waals surface area contributed by atoms with Crippen LogP contribution >= 0.6 is 0 Å². The van der Waals surface area contributed by atoms with Crippen LogP contribution in [0.15, 0.2) is 12.1 Å². The Hall–Kier alpha value is -0.720. The Balaban J connectivity index is 3.10. The number of aromatic nitrogens is 1. The lowest BCUT2D eigenvalue weighted by Crippen LogP contribution is -2.03. The van der Waals surface area contributed by atoms with E-state index in [-0.39, 0.29) is 0 Å². The highest BCUT2D eigenvalue weighted by Gasteiger charge is 2.02. The summed E-state index contributed by atoms with van der Waals surface area (Å²) in [6.45, 7) is 8.71. The first-order chi connectivity index (χ1) is 4.63. The Labute approximate surface area is 62.7 Å². The fraction of sp³-hybridized carbons (Fsp3) is 0.556. The first-order valence-corrected chi connectivity index (χ1v) is 3.77. The van der Waals surface area contributed by atoms with E-state index in [9.17, 15) is 0 Å². The topological polar surface area (TPSA) is 4.93 Å². The first-order valence-electron chi connectivity index (χ1n) is 3.77. The molecule has 1 heteroatoms.